The molecule has 0 heterocycles. The molecule has 0 amide bonds. The van der Waals surface area contributed by atoms with Gasteiger partial charge in [0.1, 0.15) is 0 Å². The molecule has 0 saturated carbocycles. The number of aliphatic hydroxyl groups is 1. The number of ether oxygens (including phenoxy) is 1. The molecule has 0 aromatic carbocycles. The number of nitrogens with zero attached hydrogens (tertiary/aromatic N) is 1. The van der Waals surface area contributed by atoms with Crippen molar-refractivity contribution in [2.24, 2.45) is 0 Å². The summed E-state index contributed by atoms with van der Waals surface area (Å²) >= 11 is 0. The van der Waals surface area contributed by atoms with Crippen molar-refractivity contribution in [2.75, 3.05) is 34.0 Å². The Morgan fingerprint density at radius 2 is 2.11 bits per heavy atom. The Bertz CT molecular complexity index is 57.0. The van der Waals surface area contributed by atoms with Gasteiger partial charge in [-0.05, 0) is 20.5 Å². The highest BCUT2D eigenvalue weighted by Crippen LogP contribution is 1.81. The van der Waals surface area contributed by atoms with E-state index in [0.29, 0.717) is 13.3 Å². The highest BCUT2D eigenvalue weighted by atomic mass is 16.5. The molecule has 3 heteroatoms. The molecule has 0 bridgehead atoms. The average Bonchev–Trinajstić information content (AvgIpc) is 1.80. The van der Waals surface area contributed by atoms with Gasteiger partial charge in [-0.1, -0.05) is 0 Å². The zero-order valence-corrected chi connectivity index (χ0v) is 6.13. The molecule has 0 atom stereocenters. The maximum Gasteiger partial charge on any atom is 0.0985 e. The third kappa shape index (κ3) is 7.88. The summed E-state index contributed by atoms with van der Waals surface area (Å²) in [5.74, 6) is 0. The lowest BCUT2D eigenvalue weighted by Crippen LogP contribution is -2.16. The first-order valence-corrected chi connectivity index (χ1v) is 3.10. The maximum atomic E-state index is 8.34. The van der Waals surface area contributed by atoms with Gasteiger partial charge in [-0.25, -0.2) is 0 Å². The Kier molecular flexibility index (Phi) is 5.93. The van der Waals surface area contributed by atoms with Crippen LogP contribution in [0.3, 0.4) is 0 Å². The summed E-state index contributed by atoms with van der Waals surface area (Å²) in [4.78, 5) is 1.94. The fourth-order valence-electron chi connectivity index (χ4n) is 0.414. The van der Waals surface area contributed by atoms with Gasteiger partial charge in [0, 0.05) is 6.61 Å². The molecule has 0 fully saturated rings. The van der Waals surface area contributed by atoms with Crippen molar-refractivity contribution >= 4 is 0 Å². The minimum Gasteiger partial charge on any atom is -0.396 e. The molecule has 0 aliphatic carbocycles. The normalized spacial score (nSPS) is 10.7. The zero-order chi connectivity index (χ0) is 7.11. The van der Waals surface area contributed by atoms with Gasteiger partial charge in [-0.3, -0.25) is 4.90 Å². The first kappa shape index (κ1) is 8.88. The molecule has 0 spiro atoms. The van der Waals surface area contributed by atoms with Crippen LogP contribution in [0, 0.1) is 0 Å². The summed E-state index contributed by atoms with van der Waals surface area (Å²) in [7, 11) is 3.89. The van der Waals surface area contributed by atoms with Crippen molar-refractivity contribution < 1.29 is 9.84 Å². The Hall–Kier alpha value is -0.120. The largest absolute Gasteiger partial charge is 0.396 e. The SMILES string of the molecule is CN(C)COCCCO. The second kappa shape index (κ2) is 6.01. The van der Waals surface area contributed by atoms with Crippen LogP contribution in [0.5, 0.6) is 0 Å². The molecule has 0 aliphatic rings. The summed E-state index contributed by atoms with van der Waals surface area (Å²) in [6.45, 7) is 1.50. The first-order valence-electron chi connectivity index (χ1n) is 3.10. The fraction of sp³-hybridized carbons (Fsp3) is 1.00. The number of hydrogen-bond acceptors (Lipinski definition) is 3. The van der Waals surface area contributed by atoms with Gasteiger partial charge in [0.05, 0.1) is 13.3 Å². The molecule has 1 N–H and O–H groups in total. The van der Waals surface area contributed by atoms with Gasteiger partial charge in [-0.15, -0.1) is 0 Å². The second-order valence-electron chi connectivity index (χ2n) is 2.19. The highest BCUT2D eigenvalue weighted by molar-refractivity contribution is 4.31. The van der Waals surface area contributed by atoms with Crippen LogP contribution >= 0.6 is 0 Å². The zero-order valence-electron chi connectivity index (χ0n) is 6.13. The van der Waals surface area contributed by atoms with Crippen LogP contribution in [-0.2, 0) is 4.74 Å². The third-order valence-corrected chi connectivity index (χ3v) is 0.796. The molecule has 9 heavy (non-hydrogen) atoms. The molecular formula is C6H15NO2. The molecule has 0 aromatic rings. The van der Waals surface area contributed by atoms with E-state index in [1.807, 2.05) is 19.0 Å². The maximum absolute atomic E-state index is 8.34. The van der Waals surface area contributed by atoms with Gasteiger partial charge in [0.25, 0.3) is 0 Å². The van der Waals surface area contributed by atoms with E-state index in [1.165, 1.54) is 0 Å². The van der Waals surface area contributed by atoms with Gasteiger partial charge in [0.15, 0.2) is 0 Å². The van der Waals surface area contributed by atoms with E-state index in [-0.39, 0.29) is 6.61 Å². The van der Waals surface area contributed by atoms with E-state index in [1.54, 1.807) is 0 Å². The predicted octanol–water partition coefficient (Wildman–Crippen LogP) is -0.0955. The highest BCUT2D eigenvalue weighted by Gasteiger charge is 1.87. The second-order valence-corrected chi connectivity index (χ2v) is 2.19. The first-order chi connectivity index (χ1) is 4.27. The molecular weight excluding hydrogens is 118 g/mol. The van der Waals surface area contributed by atoms with Crippen molar-refractivity contribution in [3.63, 3.8) is 0 Å². The summed E-state index contributed by atoms with van der Waals surface area (Å²) in [6, 6.07) is 0. The number of rotatable bonds is 5. The molecule has 56 valence electrons. The van der Waals surface area contributed by atoms with Gasteiger partial charge < -0.3 is 9.84 Å². The van der Waals surface area contributed by atoms with Gasteiger partial charge in [0.2, 0.25) is 0 Å². The van der Waals surface area contributed by atoms with E-state index in [0.717, 1.165) is 6.42 Å². The van der Waals surface area contributed by atoms with E-state index in [9.17, 15) is 0 Å². The van der Waals surface area contributed by atoms with Crippen molar-refractivity contribution in [3.05, 3.63) is 0 Å². The molecule has 0 unspecified atom stereocenters. The van der Waals surface area contributed by atoms with E-state index in [2.05, 4.69) is 0 Å². The lowest BCUT2D eigenvalue weighted by molar-refractivity contribution is 0.0479. The quantitative estimate of drug-likeness (QED) is 0.420. The van der Waals surface area contributed by atoms with Crippen LogP contribution in [0.4, 0.5) is 0 Å². The molecule has 0 radical (unpaired) electrons. The van der Waals surface area contributed by atoms with E-state index >= 15 is 0 Å². The van der Waals surface area contributed by atoms with Crippen LogP contribution in [-0.4, -0.2) is 44.0 Å². The summed E-state index contributed by atoms with van der Waals surface area (Å²) in [6.07, 6.45) is 0.730. The minimum atomic E-state index is 0.216. The van der Waals surface area contributed by atoms with Crippen LogP contribution in [0.15, 0.2) is 0 Å². The molecule has 0 aliphatic heterocycles. The van der Waals surface area contributed by atoms with Gasteiger partial charge in [-0.2, -0.15) is 0 Å². The topological polar surface area (TPSA) is 32.7 Å². The fourth-order valence-corrected chi connectivity index (χ4v) is 0.414. The van der Waals surface area contributed by atoms with Crippen LogP contribution in [0.1, 0.15) is 6.42 Å². The molecule has 0 aromatic heterocycles. The lowest BCUT2D eigenvalue weighted by atomic mass is 10.5. The third-order valence-electron chi connectivity index (χ3n) is 0.796. The minimum absolute atomic E-state index is 0.216. The summed E-state index contributed by atoms with van der Waals surface area (Å²) < 4.78 is 5.10. The van der Waals surface area contributed by atoms with Gasteiger partial charge >= 0.3 is 0 Å². The standard InChI is InChI=1S/C6H15NO2/c1-7(2)6-9-5-3-4-8/h8H,3-6H2,1-2H3. The molecule has 3 nitrogen and oxygen atoms in total. The summed E-state index contributed by atoms with van der Waals surface area (Å²) in [5, 5.41) is 8.34. The smallest absolute Gasteiger partial charge is 0.0985 e. The molecule has 0 saturated heterocycles. The number of aliphatic hydroxyl groups excluding tert-OH is 1. The Balaban J connectivity index is 2.75. The lowest BCUT2D eigenvalue weighted by Gasteiger charge is -2.08. The monoisotopic (exact) mass is 133 g/mol. The van der Waals surface area contributed by atoms with Crippen LogP contribution in [0.2, 0.25) is 0 Å². The van der Waals surface area contributed by atoms with Crippen LogP contribution in [0.25, 0.3) is 0 Å². The van der Waals surface area contributed by atoms with Crippen molar-refractivity contribution in [3.8, 4) is 0 Å². The summed E-state index contributed by atoms with van der Waals surface area (Å²) in [5.41, 5.74) is 0. The van der Waals surface area contributed by atoms with Crippen molar-refractivity contribution in [1.29, 1.82) is 0 Å². The average molecular weight is 133 g/mol. The van der Waals surface area contributed by atoms with E-state index < -0.39 is 0 Å². The predicted molar refractivity (Wildman–Crippen MR) is 36.2 cm³/mol. The Morgan fingerprint density at radius 1 is 1.44 bits per heavy atom. The number of hydrogen-bond donors (Lipinski definition) is 1. The van der Waals surface area contributed by atoms with E-state index in [4.69, 9.17) is 9.84 Å². The Morgan fingerprint density at radius 3 is 2.56 bits per heavy atom. The van der Waals surface area contributed by atoms with Crippen molar-refractivity contribution in [1.82, 2.24) is 4.90 Å². The molecule has 0 rings (SSSR count). The Labute approximate surface area is 56.2 Å². The van der Waals surface area contributed by atoms with Crippen molar-refractivity contribution in [2.45, 2.75) is 6.42 Å². The van der Waals surface area contributed by atoms with Crippen LogP contribution < -0.4 is 0 Å².